The van der Waals surface area contributed by atoms with Gasteiger partial charge in [-0.2, -0.15) is 0 Å². The lowest BCUT2D eigenvalue weighted by Crippen LogP contribution is -2.26. The molecule has 50 heavy (non-hydrogen) atoms. The number of nitrogens with two attached hydrogens (primary N) is 1. The summed E-state index contributed by atoms with van der Waals surface area (Å²) in [6.07, 6.45) is 4.66. The molecule has 0 saturated carbocycles. The molecule has 0 aliphatic heterocycles. The molecule has 0 amide bonds. The number of nitrogens with one attached hydrogen (secondary N) is 6. The topological polar surface area (TPSA) is 98.2 Å². The number of hydrogen-bond acceptors (Lipinski definition) is 7. The summed E-state index contributed by atoms with van der Waals surface area (Å²) in [5.74, 6) is 1.45. The van der Waals surface area contributed by atoms with E-state index in [1.165, 1.54) is 53.3 Å². The van der Waals surface area contributed by atoms with Gasteiger partial charge in [0.25, 0.3) is 0 Å². The van der Waals surface area contributed by atoms with Gasteiger partial charge in [-0.1, -0.05) is 96.1 Å². The zero-order valence-corrected chi connectivity index (χ0v) is 33.0. The molecule has 0 spiro atoms. The van der Waals surface area contributed by atoms with Crippen molar-refractivity contribution in [2.24, 2.45) is 17.6 Å². The lowest BCUT2D eigenvalue weighted by molar-refractivity contribution is 0.525. The van der Waals surface area contributed by atoms with Gasteiger partial charge >= 0.3 is 0 Å². The first-order valence-corrected chi connectivity index (χ1v) is 19.6. The smallest absolute Gasteiger partial charge is 0.0205 e. The Labute approximate surface area is 307 Å². The van der Waals surface area contributed by atoms with E-state index in [9.17, 15) is 0 Å². The second-order valence-corrected chi connectivity index (χ2v) is 13.4. The highest BCUT2D eigenvalue weighted by Gasteiger charge is 2.05. The van der Waals surface area contributed by atoms with E-state index in [0.717, 1.165) is 103 Å². The minimum Gasteiger partial charge on any atom is -0.333 e. The largest absolute Gasteiger partial charge is 0.333 e. The van der Waals surface area contributed by atoms with Gasteiger partial charge in [-0.15, -0.1) is 0 Å². The molecule has 0 aromatic heterocycles. The van der Waals surface area contributed by atoms with Crippen molar-refractivity contribution in [1.82, 2.24) is 31.9 Å². The summed E-state index contributed by atoms with van der Waals surface area (Å²) in [5, 5.41) is 21.4. The minimum absolute atomic E-state index is 0.723. The van der Waals surface area contributed by atoms with Crippen LogP contribution in [-0.4, -0.2) is 72.5 Å². The van der Waals surface area contributed by atoms with Crippen molar-refractivity contribution in [3.05, 3.63) is 83.9 Å². The van der Waals surface area contributed by atoms with Crippen molar-refractivity contribution in [2.75, 3.05) is 72.5 Å². The maximum absolute atomic E-state index is 4.50. The molecular formula is C43H75N7. The van der Waals surface area contributed by atoms with E-state index in [1.807, 2.05) is 13.8 Å². The third kappa shape index (κ3) is 22.3. The Bertz CT molecular complexity index is 1110. The quantitative estimate of drug-likeness (QED) is 0.0455. The maximum atomic E-state index is 4.50. The van der Waals surface area contributed by atoms with Crippen molar-refractivity contribution >= 4 is 0 Å². The molecule has 3 aromatic rings. The fourth-order valence-corrected chi connectivity index (χ4v) is 5.45. The van der Waals surface area contributed by atoms with Crippen LogP contribution in [0.4, 0.5) is 0 Å². The molecule has 282 valence electrons. The first-order chi connectivity index (χ1) is 24.5. The van der Waals surface area contributed by atoms with Gasteiger partial charge in [0.2, 0.25) is 0 Å². The van der Waals surface area contributed by atoms with Crippen molar-refractivity contribution in [1.29, 1.82) is 0 Å². The lowest BCUT2D eigenvalue weighted by atomic mass is 9.97. The summed E-state index contributed by atoms with van der Waals surface area (Å²) >= 11 is 0. The molecule has 0 unspecified atom stereocenters. The molecule has 0 saturated heterocycles. The number of hydrogen-bond donors (Lipinski definition) is 7. The summed E-state index contributed by atoms with van der Waals surface area (Å²) in [5.41, 5.74) is 12.2. The van der Waals surface area contributed by atoms with Gasteiger partial charge in [0, 0.05) is 13.1 Å². The van der Waals surface area contributed by atoms with Crippen molar-refractivity contribution in [3.8, 4) is 22.3 Å². The predicted molar refractivity (Wildman–Crippen MR) is 222 cm³/mol. The second kappa shape index (κ2) is 31.1. The molecule has 3 rings (SSSR count). The lowest BCUT2D eigenvalue weighted by Gasteiger charge is -2.11. The fourth-order valence-electron chi connectivity index (χ4n) is 5.45. The van der Waals surface area contributed by atoms with Gasteiger partial charge in [-0.25, -0.2) is 0 Å². The van der Waals surface area contributed by atoms with Crippen LogP contribution in [-0.2, 0) is 13.1 Å². The second-order valence-electron chi connectivity index (χ2n) is 13.4. The first-order valence-electron chi connectivity index (χ1n) is 19.6. The van der Waals surface area contributed by atoms with Crippen LogP contribution in [0, 0.1) is 11.8 Å². The van der Waals surface area contributed by atoms with Crippen LogP contribution in [0.2, 0.25) is 0 Å². The molecule has 3 aromatic carbocycles. The van der Waals surface area contributed by atoms with Crippen LogP contribution in [0.1, 0.15) is 78.4 Å². The predicted octanol–water partition coefficient (Wildman–Crippen LogP) is 7.03. The Morgan fingerprint density at radius 2 is 0.720 bits per heavy atom. The zero-order chi connectivity index (χ0) is 36.7. The first kappa shape index (κ1) is 45.4. The van der Waals surface area contributed by atoms with Crippen molar-refractivity contribution in [2.45, 2.75) is 80.3 Å². The summed E-state index contributed by atoms with van der Waals surface area (Å²) in [6.45, 7) is 25.6. The molecule has 7 nitrogen and oxygen atoms in total. The van der Waals surface area contributed by atoms with Gasteiger partial charge in [-0.05, 0) is 162 Å². The Morgan fingerprint density at radius 1 is 0.420 bits per heavy atom. The van der Waals surface area contributed by atoms with Crippen molar-refractivity contribution < 1.29 is 0 Å². The van der Waals surface area contributed by atoms with Gasteiger partial charge in [0.15, 0.2) is 0 Å². The Morgan fingerprint density at radius 3 is 1.08 bits per heavy atom. The molecular weight excluding hydrogens is 615 g/mol. The average Bonchev–Trinajstić information content (AvgIpc) is 3.14. The summed E-state index contributed by atoms with van der Waals surface area (Å²) in [4.78, 5) is 0. The van der Waals surface area contributed by atoms with E-state index in [2.05, 4.69) is 138 Å². The minimum atomic E-state index is 0.723. The summed E-state index contributed by atoms with van der Waals surface area (Å²) in [6, 6.07) is 26.9. The van der Waals surface area contributed by atoms with Crippen LogP contribution in [0.3, 0.4) is 0 Å². The highest BCUT2D eigenvalue weighted by atomic mass is 14.9. The van der Waals surface area contributed by atoms with E-state index in [4.69, 9.17) is 0 Å². The van der Waals surface area contributed by atoms with Crippen molar-refractivity contribution in [3.63, 3.8) is 0 Å². The van der Waals surface area contributed by atoms with E-state index >= 15 is 0 Å². The molecule has 0 radical (unpaired) electrons. The van der Waals surface area contributed by atoms with E-state index in [-0.39, 0.29) is 0 Å². The Hall–Kier alpha value is -2.62. The molecule has 0 bridgehead atoms. The van der Waals surface area contributed by atoms with Crippen LogP contribution < -0.4 is 37.6 Å². The fraction of sp³-hybridized carbons (Fsp3) is 0.581. The van der Waals surface area contributed by atoms with Crippen LogP contribution in [0.25, 0.3) is 22.3 Å². The molecule has 0 aliphatic rings. The highest BCUT2D eigenvalue weighted by Crippen LogP contribution is 2.27. The van der Waals surface area contributed by atoms with Crippen LogP contribution in [0.5, 0.6) is 0 Å². The monoisotopic (exact) mass is 690 g/mol. The third-order valence-corrected chi connectivity index (χ3v) is 7.98. The van der Waals surface area contributed by atoms with E-state index in [1.54, 1.807) is 0 Å². The zero-order valence-electron chi connectivity index (χ0n) is 33.0. The maximum Gasteiger partial charge on any atom is 0.0205 e. The van der Waals surface area contributed by atoms with Gasteiger partial charge in [-0.3, -0.25) is 0 Å². The number of benzene rings is 3. The molecule has 0 aliphatic carbocycles. The Kier molecular flexibility index (Phi) is 28.3. The summed E-state index contributed by atoms with van der Waals surface area (Å²) in [7, 11) is 1.50. The molecule has 0 atom stereocenters. The van der Waals surface area contributed by atoms with E-state index in [0.29, 0.717) is 0 Å². The standard InChI is InChI=1S/C40H64N6.C2H6.CH5N/c1-33(2)29-43-22-8-18-41-20-10-24-45-31-35-12-5-14-37(26-35)39-16-7-17-40(28-39)38-15-6-13-36(27-38)32-46-25-11-21-42-19-9-23-44-30-34(3)4;2*1-2/h5-7,12-17,26-28,33-34,41-46H,8-11,18-25,29-32H2,1-4H3;1-2H3;2H2,1H3. The molecule has 0 fully saturated rings. The SMILES string of the molecule is CC.CC(C)CNCCCNCCCNCc1cccc(-c2cccc(-c3cccc(CNCCCNCCCNCC(C)C)c3)c2)c1.CN. The molecule has 0 heterocycles. The van der Waals surface area contributed by atoms with Gasteiger partial charge in [0.05, 0.1) is 0 Å². The van der Waals surface area contributed by atoms with Gasteiger partial charge < -0.3 is 37.6 Å². The van der Waals surface area contributed by atoms with Gasteiger partial charge in [0.1, 0.15) is 0 Å². The normalized spacial score (nSPS) is 10.9. The molecule has 8 N–H and O–H groups in total. The molecule has 7 heteroatoms. The average molecular weight is 690 g/mol. The van der Waals surface area contributed by atoms with Crippen LogP contribution in [0.15, 0.2) is 72.8 Å². The van der Waals surface area contributed by atoms with E-state index < -0.39 is 0 Å². The third-order valence-electron chi connectivity index (χ3n) is 7.98. The Balaban J connectivity index is 0.00000301. The highest BCUT2D eigenvalue weighted by molar-refractivity contribution is 5.73. The van der Waals surface area contributed by atoms with Crippen LogP contribution >= 0.6 is 0 Å². The number of rotatable bonds is 26. The summed E-state index contributed by atoms with van der Waals surface area (Å²) < 4.78 is 0.